The molecule has 0 aromatic carbocycles. The molecule has 0 spiro atoms. The van der Waals surface area contributed by atoms with E-state index in [0.717, 1.165) is 12.8 Å². The molecule has 0 saturated heterocycles. The van der Waals surface area contributed by atoms with Crippen LogP contribution in [0.15, 0.2) is 23.3 Å². The molecule has 1 aliphatic carbocycles. The van der Waals surface area contributed by atoms with Gasteiger partial charge in [-0.3, -0.25) is 0 Å². The number of esters is 1. The molecule has 0 atom stereocenters. The normalized spacial score (nSPS) is 16.4. The molecule has 0 aromatic heterocycles. The van der Waals surface area contributed by atoms with E-state index in [1.165, 1.54) is 18.4 Å². The molecule has 3 heteroatoms. The van der Waals surface area contributed by atoms with Crippen LogP contribution in [0.3, 0.4) is 0 Å². The van der Waals surface area contributed by atoms with E-state index < -0.39 is 0 Å². The second-order valence-corrected chi connectivity index (χ2v) is 5.32. The van der Waals surface area contributed by atoms with E-state index >= 15 is 0 Å². The van der Waals surface area contributed by atoms with Crippen LogP contribution in [0.4, 0.5) is 0 Å². The minimum absolute atomic E-state index is 0.242. The van der Waals surface area contributed by atoms with E-state index in [0.29, 0.717) is 31.3 Å². The lowest BCUT2D eigenvalue weighted by atomic mass is 9.98. The fraction of sp³-hybridized carbons (Fsp3) is 0.688. The van der Waals surface area contributed by atoms with Crippen LogP contribution in [0.25, 0.3) is 0 Å². The Bertz CT molecular complexity index is 340. The molecule has 1 aliphatic rings. The van der Waals surface area contributed by atoms with Crippen molar-refractivity contribution in [1.29, 1.82) is 0 Å². The summed E-state index contributed by atoms with van der Waals surface area (Å²) >= 11 is 0. The molecule has 0 saturated carbocycles. The molecule has 1 rings (SSSR count). The van der Waals surface area contributed by atoms with Crippen LogP contribution in [-0.4, -0.2) is 25.8 Å². The first-order valence-electron chi connectivity index (χ1n) is 7.28. The van der Waals surface area contributed by atoms with Gasteiger partial charge in [0.2, 0.25) is 0 Å². The van der Waals surface area contributed by atoms with Crippen molar-refractivity contribution in [2.24, 2.45) is 5.92 Å². The van der Waals surface area contributed by atoms with Crippen LogP contribution in [-0.2, 0) is 14.3 Å². The van der Waals surface area contributed by atoms with E-state index in [1.54, 1.807) is 0 Å². The minimum Gasteiger partial charge on any atom is -0.462 e. The van der Waals surface area contributed by atoms with E-state index in [-0.39, 0.29) is 5.97 Å². The van der Waals surface area contributed by atoms with Gasteiger partial charge in [-0.25, -0.2) is 4.79 Å². The Hall–Kier alpha value is -1.09. The zero-order valence-corrected chi connectivity index (χ0v) is 12.4. The van der Waals surface area contributed by atoms with E-state index in [4.69, 9.17) is 9.47 Å². The molecule has 0 fully saturated rings. The highest BCUT2D eigenvalue weighted by atomic mass is 16.5. The van der Waals surface area contributed by atoms with Crippen LogP contribution in [0, 0.1) is 5.92 Å². The maximum atomic E-state index is 12.0. The summed E-state index contributed by atoms with van der Waals surface area (Å²) in [5.41, 5.74) is 1.87. The second kappa shape index (κ2) is 8.92. The first kappa shape index (κ1) is 16.0. The summed E-state index contributed by atoms with van der Waals surface area (Å²) < 4.78 is 10.7. The summed E-state index contributed by atoms with van der Waals surface area (Å²) in [4.78, 5) is 12.0. The predicted octanol–water partition coefficient (Wildman–Crippen LogP) is 3.65. The van der Waals surface area contributed by atoms with Crippen LogP contribution < -0.4 is 0 Å². The van der Waals surface area contributed by atoms with Crippen molar-refractivity contribution in [2.75, 3.05) is 19.8 Å². The van der Waals surface area contributed by atoms with E-state index in [9.17, 15) is 4.79 Å². The lowest BCUT2D eigenvalue weighted by molar-refractivity contribution is -0.140. The number of hydrogen-bond donors (Lipinski definition) is 0. The summed E-state index contributed by atoms with van der Waals surface area (Å²) in [6.07, 6.45) is 8.77. The first-order chi connectivity index (χ1) is 9.13. The Labute approximate surface area is 116 Å². The standard InChI is InChI=1S/C16H26O3/c1-4-18-12-15(16(17)19-11-13(2)3)10-14-8-6-5-7-9-14/h8,10,13H,4-7,9,11-12H2,1-3H3. The number of ether oxygens (including phenoxy) is 2. The number of carbonyl (C=O) groups excluding carboxylic acids is 1. The molecule has 0 aromatic rings. The van der Waals surface area contributed by atoms with Crippen LogP contribution in [0.2, 0.25) is 0 Å². The Kier molecular flexibility index (Phi) is 7.49. The average Bonchev–Trinajstić information content (AvgIpc) is 2.41. The smallest absolute Gasteiger partial charge is 0.336 e. The molecule has 0 amide bonds. The topological polar surface area (TPSA) is 35.5 Å². The third kappa shape index (κ3) is 6.58. The summed E-state index contributed by atoms with van der Waals surface area (Å²) in [5, 5.41) is 0. The average molecular weight is 266 g/mol. The third-order valence-electron chi connectivity index (χ3n) is 2.96. The zero-order chi connectivity index (χ0) is 14.1. The van der Waals surface area contributed by atoms with Crippen molar-refractivity contribution in [3.05, 3.63) is 23.3 Å². The van der Waals surface area contributed by atoms with Crippen molar-refractivity contribution in [1.82, 2.24) is 0 Å². The Balaban J connectivity index is 2.66. The minimum atomic E-state index is -0.242. The fourth-order valence-electron chi connectivity index (χ4n) is 1.92. The number of hydrogen-bond acceptors (Lipinski definition) is 3. The van der Waals surface area contributed by atoms with Gasteiger partial charge in [0.05, 0.1) is 18.8 Å². The van der Waals surface area contributed by atoms with Gasteiger partial charge in [-0.05, 0) is 44.6 Å². The molecule has 0 N–H and O–H groups in total. The van der Waals surface area contributed by atoms with Crippen molar-refractivity contribution in [2.45, 2.75) is 46.5 Å². The highest BCUT2D eigenvalue weighted by molar-refractivity contribution is 5.89. The second-order valence-electron chi connectivity index (χ2n) is 5.32. The van der Waals surface area contributed by atoms with Gasteiger partial charge in [0.25, 0.3) is 0 Å². The van der Waals surface area contributed by atoms with Gasteiger partial charge >= 0.3 is 5.97 Å². The molecular weight excluding hydrogens is 240 g/mol. The van der Waals surface area contributed by atoms with Crippen molar-refractivity contribution in [3.63, 3.8) is 0 Å². The Morgan fingerprint density at radius 1 is 1.42 bits per heavy atom. The zero-order valence-electron chi connectivity index (χ0n) is 12.4. The summed E-state index contributed by atoms with van der Waals surface area (Å²) in [5.74, 6) is 0.111. The summed E-state index contributed by atoms with van der Waals surface area (Å²) in [7, 11) is 0. The number of carbonyl (C=O) groups is 1. The Morgan fingerprint density at radius 3 is 2.79 bits per heavy atom. The van der Waals surface area contributed by atoms with E-state index in [2.05, 4.69) is 6.08 Å². The van der Waals surface area contributed by atoms with E-state index in [1.807, 2.05) is 26.8 Å². The highest BCUT2D eigenvalue weighted by Gasteiger charge is 2.13. The maximum absolute atomic E-state index is 12.0. The van der Waals surface area contributed by atoms with Gasteiger partial charge in [-0.1, -0.05) is 25.5 Å². The molecule has 108 valence electrons. The van der Waals surface area contributed by atoms with Gasteiger partial charge in [0.15, 0.2) is 0 Å². The largest absolute Gasteiger partial charge is 0.462 e. The molecule has 0 heterocycles. The lowest BCUT2D eigenvalue weighted by Crippen LogP contribution is -2.16. The van der Waals surface area contributed by atoms with Gasteiger partial charge in [-0.2, -0.15) is 0 Å². The van der Waals surface area contributed by atoms with Crippen LogP contribution in [0.1, 0.15) is 46.5 Å². The highest BCUT2D eigenvalue weighted by Crippen LogP contribution is 2.20. The molecule has 0 aliphatic heterocycles. The molecule has 3 nitrogen and oxygen atoms in total. The van der Waals surface area contributed by atoms with Crippen LogP contribution >= 0.6 is 0 Å². The van der Waals surface area contributed by atoms with Gasteiger partial charge in [0, 0.05) is 6.61 Å². The summed E-state index contributed by atoms with van der Waals surface area (Å²) in [6, 6.07) is 0. The SMILES string of the molecule is CCOCC(=CC1=CCCCC1)C(=O)OCC(C)C. The lowest BCUT2D eigenvalue weighted by Gasteiger charge is -2.13. The molecule has 0 bridgehead atoms. The van der Waals surface area contributed by atoms with Crippen molar-refractivity contribution in [3.8, 4) is 0 Å². The van der Waals surface area contributed by atoms with Gasteiger partial charge in [0.1, 0.15) is 0 Å². The maximum Gasteiger partial charge on any atom is 0.336 e. The number of allylic oxidation sites excluding steroid dienone is 3. The third-order valence-corrected chi connectivity index (χ3v) is 2.96. The first-order valence-corrected chi connectivity index (χ1v) is 7.28. The van der Waals surface area contributed by atoms with Crippen LogP contribution in [0.5, 0.6) is 0 Å². The monoisotopic (exact) mass is 266 g/mol. The molecule has 0 unspecified atom stereocenters. The van der Waals surface area contributed by atoms with Gasteiger partial charge in [-0.15, -0.1) is 0 Å². The number of rotatable bonds is 7. The molecule has 19 heavy (non-hydrogen) atoms. The predicted molar refractivity (Wildman–Crippen MR) is 76.9 cm³/mol. The van der Waals surface area contributed by atoms with Crippen molar-refractivity contribution < 1.29 is 14.3 Å². The molecular formula is C16H26O3. The fourth-order valence-corrected chi connectivity index (χ4v) is 1.92. The Morgan fingerprint density at radius 2 is 2.21 bits per heavy atom. The van der Waals surface area contributed by atoms with Crippen molar-refractivity contribution >= 4 is 5.97 Å². The molecule has 0 radical (unpaired) electrons. The van der Waals surface area contributed by atoms with Gasteiger partial charge < -0.3 is 9.47 Å². The summed E-state index contributed by atoms with van der Waals surface area (Å²) in [6.45, 7) is 7.39. The quantitative estimate of drug-likeness (QED) is 0.521.